The number of sulfonamides is 1. The number of nitrogens with zero attached hydrogens (tertiary/aromatic N) is 4. The van der Waals surface area contributed by atoms with Crippen molar-refractivity contribution >= 4 is 27.4 Å². The lowest BCUT2D eigenvalue weighted by Crippen LogP contribution is -2.53. The van der Waals surface area contributed by atoms with Crippen molar-refractivity contribution in [1.29, 1.82) is 0 Å². The fraction of sp³-hybridized carbons (Fsp3) is 0.435. The summed E-state index contributed by atoms with van der Waals surface area (Å²) in [7, 11) is -0.773. The van der Waals surface area contributed by atoms with E-state index in [1.807, 2.05) is 24.3 Å². The number of amides is 2. The largest absolute Gasteiger partial charge is 0.495 e. The van der Waals surface area contributed by atoms with Crippen molar-refractivity contribution in [2.45, 2.75) is 4.90 Å². The van der Waals surface area contributed by atoms with E-state index in [0.717, 1.165) is 41.9 Å². The van der Waals surface area contributed by atoms with Crippen molar-refractivity contribution in [3.05, 3.63) is 36.4 Å². The lowest BCUT2D eigenvalue weighted by atomic mass is 10.2. The molecule has 3 aliphatic heterocycles. The summed E-state index contributed by atoms with van der Waals surface area (Å²) in [5.41, 5.74) is 1.35. The number of anilines is 2. The Balaban J connectivity index is 1.28. The van der Waals surface area contributed by atoms with E-state index in [1.54, 1.807) is 20.2 Å². The van der Waals surface area contributed by atoms with Crippen LogP contribution in [-0.2, 0) is 10.0 Å². The molecule has 0 N–H and O–H groups in total. The number of fused-ring (bicyclic) bond motifs is 2. The van der Waals surface area contributed by atoms with Gasteiger partial charge in [0.15, 0.2) is 11.5 Å². The van der Waals surface area contributed by atoms with Crippen LogP contribution in [-0.4, -0.2) is 90.3 Å². The Morgan fingerprint density at radius 3 is 2.32 bits per heavy atom. The number of rotatable bonds is 5. The van der Waals surface area contributed by atoms with Crippen LogP contribution in [0.25, 0.3) is 0 Å². The standard InChI is InChI=1S/C23H28N4O6S/c1-24-18-15-20-21(33-14-13-32-20)16-22(18)34(29,30)27(23(24)28)12-9-25-7-10-26(11-8-25)17-5-3-4-6-19(17)31-2/h3-6,15-16H,7-14H2,1-2H3. The molecular formula is C23H28N4O6S. The van der Waals surface area contributed by atoms with Crippen molar-refractivity contribution in [3.8, 4) is 17.2 Å². The SMILES string of the molecule is COc1ccccc1N1CCN(CCN2C(=O)N(C)c3cc4c(cc3S2(=O)=O)OCCO4)CC1. The second-order valence-electron chi connectivity index (χ2n) is 8.38. The van der Waals surface area contributed by atoms with Gasteiger partial charge in [-0.3, -0.25) is 9.80 Å². The predicted molar refractivity (Wildman–Crippen MR) is 127 cm³/mol. The van der Waals surface area contributed by atoms with Crippen LogP contribution in [0.5, 0.6) is 17.2 Å². The number of piperazine rings is 1. The quantitative estimate of drug-likeness (QED) is 0.630. The highest BCUT2D eigenvalue weighted by atomic mass is 32.2. The lowest BCUT2D eigenvalue weighted by molar-refractivity contribution is 0.171. The highest BCUT2D eigenvalue weighted by Gasteiger charge is 2.41. The molecule has 0 spiro atoms. The van der Waals surface area contributed by atoms with Crippen LogP contribution in [0.15, 0.2) is 41.3 Å². The molecule has 0 radical (unpaired) electrons. The van der Waals surface area contributed by atoms with Crippen LogP contribution < -0.4 is 24.0 Å². The fourth-order valence-corrected chi connectivity index (χ4v) is 6.18. The maximum absolute atomic E-state index is 13.4. The molecule has 0 aliphatic carbocycles. The van der Waals surface area contributed by atoms with Crippen LogP contribution in [0.3, 0.4) is 0 Å². The molecule has 1 saturated heterocycles. The van der Waals surface area contributed by atoms with Crippen LogP contribution in [0.2, 0.25) is 0 Å². The molecule has 2 aromatic carbocycles. The third-order valence-electron chi connectivity index (χ3n) is 6.47. The minimum atomic E-state index is -4.01. The number of methoxy groups -OCH3 is 1. The summed E-state index contributed by atoms with van der Waals surface area (Å²) in [5, 5.41) is 0. The number of urea groups is 1. The lowest BCUT2D eigenvalue weighted by Gasteiger charge is -2.39. The van der Waals surface area contributed by atoms with E-state index in [0.29, 0.717) is 36.9 Å². The summed E-state index contributed by atoms with van der Waals surface area (Å²) in [5.74, 6) is 1.66. The van der Waals surface area contributed by atoms with Gasteiger partial charge in [-0.05, 0) is 12.1 Å². The highest BCUT2D eigenvalue weighted by molar-refractivity contribution is 7.90. The zero-order valence-electron chi connectivity index (χ0n) is 19.3. The van der Waals surface area contributed by atoms with Gasteiger partial charge < -0.3 is 19.1 Å². The van der Waals surface area contributed by atoms with Crippen LogP contribution in [0.4, 0.5) is 16.2 Å². The summed E-state index contributed by atoms with van der Waals surface area (Å²) in [6.45, 7) is 4.35. The molecule has 11 heteroatoms. The summed E-state index contributed by atoms with van der Waals surface area (Å²) in [6.07, 6.45) is 0. The Morgan fingerprint density at radius 2 is 1.62 bits per heavy atom. The Labute approximate surface area is 199 Å². The smallest absolute Gasteiger partial charge is 0.338 e. The van der Waals surface area contributed by atoms with Gasteiger partial charge in [0, 0.05) is 51.9 Å². The average Bonchev–Trinajstić information content (AvgIpc) is 2.87. The van der Waals surface area contributed by atoms with Crippen molar-refractivity contribution < 1.29 is 27.4 Å². The molecule has 1 fully saturated rings. The second-order valence-corrected chi connectivity index (χ2v) is 10.2. The maximum atomic E-state index is 13.4. The molecule has 0 saturated carbocycles. The van der Waals surface area contributed by atoms with Crippen LogP contribution >= 0.6 is 0 Å². The molecule has 0 atom stereocenters. The van der Waals surface area contributed by atoms with E-state index in [-0.39, 0.29) is 11.4 Å². The Hall–Kier alpha value is -3.18. The number of benzene rings is 2. The molecule has 0 unspecified atom stereocenters. The Kier molecular flexibility index (Phi) is 5.90. The third kappa shape index (κ3) is 3.88. The molecule has 34 heavy (non-hydrogen) atoms. The number of carbonyl (C=O) groups is 1. The minimum Gasteiger partial charge on any atom is -0.495 e. The molecule has 5 rings (SSSR count). The number of hydrogen-bond acceptors (Lipinski definition) is 8. The molecule has 0 bridgehead atoms. The van der Waals surface area contributed by atoms with E-state index >= 15 is 0 Å². The zero-order chi connectivity index (χ0) is 23.9. The first-order valence-corrected chi connectivity index (χ1v) is 12.7. The number of para-hydroxylation sites is 2. The Bertz CT molecular complexity index is 1200. The van der Waals surface area contributed by atoms with E-state index in [9.17, 15) is 13.2 Å². The fourth-order valence-electron chi connectivity index (χ4n) is 4.57. The number of carbonyl (C=O) groups excluding carboxylic acids is 1. The summed E-state index contributed by atoms with van der Waals surface area (Å²) in [4.78, 5) is 18.9. The monoisotopic (exact) mass is 488 g/mol. The summed E-state index contributed by atoms with van der Waals surface area (Å²) < 4.78 is 44.3. The third-order valence-corrected chi connectivity index (χ3v) is 8.27. The van der Waals surface area contributed by atoms with Crippen molar-refractivity contribution in [2.75, 3.05) is 76.4 Å². The molecule has 3 heterocycles. The molecule has 2 amide bonds. The zero-order valence-corrected chi connectivity index (χ0v) is 20.1. The van der Waals surface area contributed by atoms with Gasteiger partial charge in [0.05, 0.1) is 25.0 Å². The van der Waals surface area contributed by atoms with Gasteiger partial charge in [0.1, 0.15) is 23.9 Å². The molecule has 182 valence electrons. The summed E-state index contributed by atoms with van der Waals surface area (Å²) in [6, 6.07) is 10.4. The molecule has 3 aliphatic rings. The van der Waals surface area contributed by atoms with E-state index in [2.05, 4.69) is 9.80 Å². The normalized spacial score (nSPS) is 19.7. The predicted octanol–water partition coefficient (Wildman–Crippen LogP) is 1.85. The van der Waals surface area contributed by atoms with Gasteiger partial charge in [-0.2, -0.15) is 0 Å². The first-order valence-electron chi connectivity index (χ1n) is 11.2. The van der Waals surface area contributed by atoms with Gasteiger partial charge in [-0.25, -0.2) is 17.5 Å². The van der Waals surface area contributed by atoms with Gasteiger partial charge in [-0.1, -0.05) is 12.1 Å². The average molecular weight is 489 g/mol. The number of ether oxygens (including phenoxy) is 3. The molecule has 10 nitrogen and oxygen atoms in total. The number of hydrogen-bond donors (Lipinski definition) is 0. The van der Waals surface area contributed by atoms with E-state index < -0.39 is 16.1 Å². The van der Waals surface area contributed by atoms with E-state index in [1.165, 1.54) is 11.0 Å². The van der Waals surface area contributed by atoms with Crippen molar-refractivity contribution in [3.63, 3.8) is 0 Å². The summed E-state index contributed by atoms with van der Waals surface area (Å²) >= 11 is 0. The van der Waals surface area contributed by atoms with Gasteiger partial charge in [-0.15, -0.1) is 0 Å². The molecule has 0 aromatic heterocycles. The van der Waals surface area contributed by atoms with Gasteiger partial charge in [0.25, 0.3) is 10.0 Å². The van der Waals surface area contributed by atoms with Crippen LogP contribution in [0, 0.1) is 0 Å². The van der Waals surface area contributed by atoms with Crippen molar-refractivity contribution in [1.82, 2.24) is 9.21 Å². The minimum absolute atomic E-state index is 0.0554. The van der Waals surface area contributed by atoms with Gasteiger partial charge in [0.2, 0.25) is 0 Å². The first kappa shape index (κ1) is 22.6. The van der Waals surface area contributed by atoms with Gasteiger partial charge >= 0.3 is 6.03 Å². The van der Waals surface area contributed by atoms with Crippen molar-refractivity contribution in [2.24, 2.45) is 0 Å². The topological polar surface area (TPSA) is 91.9 Å². The molecule has 2 aromatic rings. The highest BCUT2D eigenvalue weighted by Crippen LogP contribution is 2.42. The maximum Gasteiger partial charge on any atom is 0.338 e. The second kappa shape index (κ2) is 8.88. The van der Waals surface area contributed by atoms with Crippen LogP contribution in [0.1, 0.15) is 0 Å². The first-order chi connectivity index (χ1) is 16.4. The molecular weight excluding hydrogens is 460 g/mol. The van der Waals surface area contributed by atoms with E-state index in [4.69, 9.17) is 14.2 Å². The Morgan fingerprint density at radius 1 is 0.941 bits per heavy atom.